The number of imidazole rings is 1. The molecule has 2 aliphatic carbocycles. The SMILES string of the molecule is COc1cc(C(=O)N2CC3CCC2[C@@H]3N)cc2nc(-c3cc4ccccc4n3CC3CC3)n(CC3CN(C(=O)c4ncccn4)C3)c12. The van der Waals surface area contributed by atoms with Crippen molar-refractivity contribution in [3.8, 4) is 17.3 Å². The van der Waals surface area contributed by atoms with Crippen LogP contribution in [0.5, 0.6) is 5.75 Å². The highest BCUT2D eigenvalue weighted by Gasteiger charge is 2.47. The van der Waals surface area contributed by atoms with Crippen molar-refractivity contribution in [1.82, 2.24) is 33.9 Å². The largest absolute Gasteiger partial charge is 0.494 e. The standard InChI is InChI=1S/C36H38N8O3/c1-47-30-15-25(35(45)43-20-24-9-10-28(43)31(24)37)13-26-32(30)44(19-22-16-41(17-22)36(46)33-38-11-4-12-39-33)34(40-26)29-14-23-5-2-3-6-27(23)42(29)18-21-7-8-21/h2-6,11-15,21-22,24,28,31H,7-10,16-20,37H2,1H3/t24?,28?,31-/m1/s1. The Morgan fingerprint density at radius 3 is 2.40 bits per heavy atom. The minimum absolute atomic E-state index is 0.0110. The number of carbonyl (C=O) groups is 2. The maximum atomic E-state index is 13.9. The second-order valence-corrected chi connectivity index (χ2v) is 13.8. The van der Waals surface area contributed by atoms with Gasteiger partial charge in [-0.05, 0) is 67.9 Å². The quantitative estimate of drug-likeness (QED) is 0.273. The number of fused-ring (bicyclic) bond motifs is 4. The van der Waals surface area contributed by atoms with Gasteiger partial charge in [-0.25, -0.2) is 15.0 Å². The first-order chi connectivity index (χ1) is 23.0. The predicted octanol–water partition coefficient (Wildman–Crippen LogP) is 4.20. The second-order valence-electron chi connectivity index (χ2n) is 13.8. The van der Waals surface area contributed by atoms with Crippen molar-refractivity contribution in [1.29, 1.82) is 0 Å². The predicted molar refractivity (Wildman–Crippen MR) is 177 cm³/mol. The molecule has 4 fully saturated rings. The number of nitrogens with zero attached hydrogens (tertiary/aromatic N) is 7. The van der Waals surface area contributed by atoms with Crippen LogP contribution in [-0.4, -0.2) is 84.5 Å². The molecule has 9 rings (SSSR count). The summed E-state index contributed by atoms with van der Waals surface area (Å²) in [5.41, 5.74) is 10.9. The summed E-state index contributed by atoms with van der Waals surface area (Å²) in [7, 11) is 1.65. The maximum absolute atomic E-state index is 13.9. The number of amides is 2. The van der Waals surface area contributed by atoms with Gasteiger partial charge < -0.3 is 29.4 Å². The molecule has 2 saturated carbocycles. The average Bonchev–Trinajstić information content (AvgIpc) is 3.44. The maximum Gasteiger partial charge on any atom is 0.291 e. The normalized spacial score (nSPS) is 22.4. The molecule has 47 heavy (non-hydrogen) atoms. The summed E-state index contributed by atoms with van der Waals surface area (Å²) in [4.78, 5) is 44.3. The van der Waals surface area contributed by atoms with Gasteiger partial charge in [-0.15, -0.1) is 0 Å². The smallest absolute Gasteiger partial charge is 0.291 e. The molecule has 2 amide bonds. The number of benzene rings is 2. The van der Waals surface area contributed by atoms with Gasteiger partial charge in [0.25, 0.3) is 11.8 Å². The molecule has 2 aliphatic heterocycles. The van der Waals surface area contributed by atoms with E-state index in [9.17, 15) is 9.59 Å². The lowest BCUT2D eigenvalue weighted by atomic mass is 9.99. The molecule has 11 nitrogen and oxygen atoms in total. The first kappa shape index (κ1) is 28.5. The van der Waals surface area contributed by atoms with E-state index in [-0.39, 0.29) is 35.6 Å². The van der Waals surface area contributed by atoms with Crippen LogP contribution < -0.4 is 10.5 Å². The number of likely N-dealkylation sites (tertiary alicyclic amines) is 2. The van der Waals surface area contributed by atoms with E-state index >= 15 is 0 Å². The Morgan fingerprint density at radius 2 is 1.68 bits per heavy atom. The lowest BCUT2D eigenvalue weighted by Gasteiger charge is -2.39. The summed E-state index contributed by atoms with van der Waals surface area (Å²) in [5, 5.41) is 1.17. The number of para-hydroxylation sites is 1. The van der Waals surface area contributed by atoms with E-state index in [2.05, 4.69) is 49.4 Å². The molecule has 2 N–H and O–H groups in total. The van der Waals surface area contributed by atoms with E-state index in [0.717, 1.165) is 41.9 Å². The van der Waals surface area contributed by atoms with Crippen LogP contribution in [0.4, 0.5) is 0 Å². The zero-order valence-corrected chi connectivity index (χ0v) is 26.5. The van der Waals surface area contributed by atoms with Crippen LogP contribution in [0.2, 0.25) is 0 Å². The minimum Gasteiger partial charge on any atom is -0.494 e. The molecule has 2 saturated heterocycles. The molecular weight excluding hydrogens is 592 g/mol. The highest BCUT2D eigenvalue weighted by atomic mass is 16.5. The lowest BCUT2D eigenvalue weighted by molar-refractivity contribution is 0.0459. The van der Waals surface area contributed by atoms with Crippen molar-refractivity contribution >= 4 is 33.8 Å². The second kappa shape index (κ2) is 10.9. The van der Waals surface area contributed by atoms with Gasteiger partial charge in [0.1, 0.15) is 11.3 Å². The molecule has 5 heterocycles. The van der Waals surface area contributed by atoms with Crippen molar-refractivity contribution in [2.24, 2.45) is 23.5 Å². The Balaban J connectivity index is 1.13. The van der Waals surface area contributed by atoms with Crippen molar-refractivity contribution < 1.29 is 14.3 Å². The van der Waals surface area contributed by atoms with Gasteiger partial charge in [0.05, 0.1) is 18.3 Å². The van der Waals surface area contributed by atoms with Crippen LogP contribution in [0, 0.1) is 17.8 Å². The number of rotatable bonds is 8. The molecule has 2 bridgehead atoms. The Bertz CT molecular complexity index is 2030. The van der Waals surface area contributed by atoms with E-state index in [1.807, 2.05) is 17.0 Å². The van der Waals surface area contributed by atoms with Crippen molar-refractivity contribution in [2.75, 3.05) is 26.7 Å². The van der Waals surface area contributed by atoms with Gasteiger partial charge in [-0.3, -0.25) is 9.59 Å². The Morgan fingerprint density at radius 1 is 0.894 bits per heavy atom. The first-order valence-electron chi connectivity index (χ1n) is 16.8. The number of piperidine rings is 1. The highest BCUT2D eigenvalue weighted by Crippen LogP contribution is 2.41. The molecule has 0 spiro atoms. The van der Waals surface area contributed by atoms with Gasteiger partial charge in [0, 0.05) is 79.6 Å². The number of aromatic nitrogens is 5. The topological polar surface area (TPSA) is 124 Å². The van der Waals surface area contributed by atoms with E-state index in [1.165, 1.54) is 23.7 Å². The average molecular weight is 631 g/mol. The van der Waals surface area contributed by atoms with E-state index in [0.29, 0.717) is 49.3 Å². The van der Waals surface area contributed by atoms with Gasteiger partial charge in [-0.1, -0.05) is 18.2 Å². The van der Waals surface area contributed by atoms with Crippen LogP contribution in [0.3, 0.4) is 0 Å². The van der Waals surface area contributed by atoms with Crippen LogP contribution in [0.1, 0.15) is 46.7 Å². The molecule has 3 atom stereocenters. The third kappa shape index (κ3) is 4.70. The lowest BCUT2D eigenvalue weighted by Crippen LogP contribution is -2.51. The third-order valence-corrected chi connectivity index (χ3v) is 10.8. The molecule has 240 valence electrons. The summed E-state index contributed by atoms with van der Waals surface area (Å²) >= 11 is 0. The Labute approximate surface area is 272 Å². The summed E-state index contributed by atoms with van der Waals surface area (Å²) in [6, 6.07) is 16.4. The summed E-state index contributed by atoms with van der Waals surface area (Å²) in [6.07, 6.45) is 7.70. The third-order valence-electron chi connectivity index (χ3n) is 10.8. The van der Waals surface area contributed by atoms with Crippen molar-refractivity contribution in [3.05, 3.63) is 72.3 Å². The first-order valence-corrected chi connectivity index (χ1v) is 16.8. The fourth-order valence-corrected chi connectivity index (χ4v) is 8.14. The van der Waals surface area contributed by atoms with Gasteiger partial charge in [0.2, 0.25) is 5.82 Å². The minimum atomic E-state index is -0.154. The van der Waals surface area contributed by atoms with E-state index in [4.69, 9.17) is 15.5 Å². The van der Waals surface area contributed by atoms with Crippen LogP contribution >= 0.6 is 0 Å². The molecule has 2 aromatic carbocycles. The summed E-state index contributed by atoms with van der Waals surface area (Å²) < 4.78 is 10.7. The molecule has 0 radical (unpaired) electrons. The van der Waals surface area contributed by atoms with Gasteiger partial charge in [-0.2, -0.15) is 0 Å². The number of methoxy groups -OCH3 is 1. The molecule has 3 aromatic heterocycles. The van der Waals surface area contributed by atoms with Gasteiger partial charge in [0.15, 0.2) is 5.82 Å². The summed E-state index contributed by atoms with van der Waals surface area (Å²) in [5.74, 6) is 2.75. The molecule has 11 heteroatoms. The molecule has 5 aromatic rings. The molecule has 4 aliphatic rings. The zero-order chi connectivity index (χ0) is 31.8. The number of carbonyl (C=O) groups excluding carboxylic acids is 2. The molecule has 2 unspecified atom stereocenters. The zero-order valence-electron chi connectivity index (χ0n) is 26.5. The monoisotopic (exact) mass is 630 g/mol. The van der Waals surface area contributed by atoms with Crippen molar-refractivity contribution in [2.45, 2.75) is 50.9 Å². The van der Waals surface area contributed by atoms with Crippen LogP contribution in [0.15, 0.2) is 60.9 Å². The van der Waals surface area contributed by atoms with E-state index in [1.54, 1.807) is 30.5 Å². The molecular formula is C36H38N8O3. The summed E-state index contributed by atoms with van der Waals surface area (Å²) in [6.45, 7) is 3.48. The van der Waals surface area contributed by atoms with E-state index < -0.39 is 0 Å². The number of nitrogens with two attached hydrogens (primary N) is 1. The number of ether oxygens (including phenoxy) is 1. The number of hydrogen-bond acceptors (Lipinski definition) is 7. The van der Waals surface area contributed by atoms with Crippen LogP contribution in [-0.2, 0) is 13.1 Å². The fourth-order valence-electron chi connectivity index (χ4n) is 8.14. The van der Waals surface area contributed by atoms with Crippen LogP contribution in [0.25, 0.3) is 33.5 Å². The van der Waals surface area contributed by atoms with Crippen molar-refractivity contribution in [3.63, 3.8) is 0 Å². The Kier molecular flexibility index (Phi) is 6.60. The Hall–Kier alpha value is -4.77. The highest BCUT2D eigenvalue weighted by molar-refractivity contribution is 6.00. The number of hydrogen-bond donors (Lipinski definition) is 1. The van der Waals surface area contributed by atoms with Gasteiger partial charge >= 0.3 is 0 Å². The fraction of sp³-hybridized carbons (Fsp3) is 0.417.